The summed E-state index contributed by atoms with van der Waals surface area (Å²) in [4.78, 5) is 34.9. The molecule has 1 aromatic carbocycles. The monoisotopic (exact) mass is 407 g/mol. The molecular weight excluding hydrogens is 384 g/mol. The number of rotatable bonds is 3. The summed E-state index contributed by atoms with van der Waals surface area (Å²) in [6, 6.07) is 5.28. The van der Waals surface area contributed by atoms with Gasteiger partial charge >= 0.3 is 6.03 Å². The molecule has 1 aromatic heterocycles. The van der Waals surface area contributed by atoms with E-state index in [9.17, 15) is 18.4 Å². The lowest BCUT2D eigenvalue weighted by Crippen LogP contribution is -2.54. The Balaban J connectivity index is 1.44. The predicted octanol–water partition coefficient (Wildman–Crippen LogP) is 1.24. The lowest BCUT2D eigenvalue weighted by molar-refractivity contribution is 0.0428. The molecular formula is C19H23F2N5O3. The fourth-order valence-electron chi connectivity index (χ4n) is 3.73. The van der Waals surface area contributed by atoms with Crippen molar-refractivity contribution in [2.75, 3.05) is 57.4 Å². The van der Waals surface area contributed by atoms with Crippen LogP contribution in [0.1, 0.15) is 0 Å². The van der Waals surface area contributed by atoms with Crippen molar-refractivity contribution in [1.29, 1.82) is 0 Å². The number of urea groups is 1. The van der Waals surface area contributed by atoms with Gasteiger partial charge in [0.15, 0.2) is 0 Å². The first kappa shape index (κ1) is 19.6. The first-order valence-electron chi connectivity index (χ1n) is 9.67. The molecule has 0 atom stereocenters. The van der Waals surface area contributed by atoms with E-state index in [-0.39, 0.29) is 6.03 Å². The number of morpholine rings is 1. The number of piperazine rings is 1. The molecule has 0 unspecified atom stereocenters. The highest BCUT2D eigenvalue weighted by molar-refractivity contribution is 5.81. The number of halogens is 2. The third-order valence-corrected chi connectivity index (χ3v) is 5.34. The molecule has 0 radical (unpaired) electrons. The Hall–Kier alpha value is -2.75. The fraction of sp³-hybridized carbons (Fsp3) is 0.526. The third-order valence-electron chi connectivity index (χ3n) is 5.34. The number of anilines is 1. The normalized spacial score (nSPS) is 18.0. The molecule has 29 heavy (non-hydrogen) atoms. The lowest BCUT2D eigenvalue weighted by Gasteiger charge is -2.39. The van der Waals surface area contributed by atoms with Crippen LogP contribution >= 0.6 is 0 Å². The minimum Gasteiger partial charge on any atom is -0.378 e. The average Bonchev–Trinajstić information content (AvgIpc) is 2.75. The molecule has 8 nitrogen and oxygen atoms in total. The number of fused-ring (bicyclic) bond motifs is 1. The van der Waals surface area contributed by atoms with Gasteiger partial charge in [0.05, 0.1) is 37.0 Å². The predicted molar refractivity (Wildman–Crippen MR) is 104 cm³/mol. The number of nitrogens with zero attached hydrogens (tertiary/aromatic N) is 5. The van der Waals surface area contributed by atoms with Crippen molar-refractivity contribution >= 4 is 22.6 Å². The number of hydrogen-bond acceptors (Lipinski definition) is 5. The minimum atomic E-state index is -2.61. The number of hydrogen-bond donors (Lipinski definition) is 0. The Bertz CT molecular complexity index is 937. The topological polar surface area (TPSA) is 70.9 Å². The molecule has 2 aromatic rings. The second-order valence-electron chi connectivity index (χ2n) is 7.15. The van der Waals surface area contributed by atoms with Gasteiger partial charge in [-0.3, -0.25) is 9.36 Å². The quantitative estimate of drug-likeness (QED) is 0.766. The molecule has 2 aliphatic heterocycles. The largest absolute Gasteiger partial charge is 0.378 e. The molecule has 0 N–H and O–H groups in total. The second kappa shape index (κ2) is 8.32. The number of carbonyl (C=O) groups is 1. The van der Waals surface area contributed by atoms with Crippen LogP contribution in [0, 0.1) is 0 Å². The van der Waals surface area contributed by atoms with Gasteiger partial charge in [-0.1, -0.05) is 0 Å². The Morgan fingerprint density at radius 3 is 2.45 bits per heavy atom. The van der Waals surface area contributed by atoms with Crippen LogP contribution in [0.5, 0.6) is 0 Å². The maximum atomic E-state index is 12.6. The Labute approximate surface area is 166 Å². The highest BCUT2D eigenvalue weighted by Crippen LogP contribution is 2.21. The minimum absolute atomic E-state index is 0.0488. The van der Waals surface area contributed by atoms with Crippen LogP contribution in [0.3, 0.4) is 0 Å². The summed E-state index contributed by atoms with van der Waals surface area (Å²) in [7, 11) is 0. The SMILES string of the molecule is O=C(N1CCOCC1)N1CCN(c2ccc3c(=O)n(CC(F)F)cnc3c2)CC1. The summed E-state index contributed by atoms with van der Waals surface area (Å²) < 4.78 is 31.4. The van der Waals surface area contributed by atoms with E-state index in [0.29, 0.717) is 63.4 Å². The number of amides is 2. The van der Waals surface area contributed by atoms with E-state index in [0.717, 1.165) is 10.3 Å². The highest BCUT2D eigenvalue weighted by Gasteiger charge is 2.26. The standard InChI is InChI=1S/C19H23F2N5O3/c20-17(21)12-26-13-22-16-11-14(1-2-15(16)18(26)27)23-3-5-24(6-4-23)19(28)25-7-9-29-10-8-25/h1-2,11,13,17H,3-10,12H2. The molecule has 2 fully saturated rings. The number of alkyl halides is 2. The van der Waals surface area contributed by atoms with E-state index in [1.54, 1.807) is 18.2 Å². The fourth-order valence-corrected chi connectivity index (χ4v) is 3.73. The lowest BCUT2D eigenvalue weighted by atomic mass is 10.2. The molecule has 4 rings (SSSR count). The van der Waals surface area contributed by atoms with Crippen molar-refractivity contribution in [3.05, 3.63) is 34.9 Å². The summed E-state index contributed by atoms with van der Waals surface area (Å²) in [6.07, 6.45) is -1.44. The molecule has 3 heterocycles. The zero-order valence-electron chi connectivity index (χ0n) is 16.0. The van der Waals surface area contributed by atoms with Crippen molar-refractivity contribution in [2.45, 2.75) is 13.0 Å². The van der Waals surface area contributed by atoms with E-state index in [2.05, 4.69) is 9.88 Å². The molecule has 0 saturated carbocycles. The second-order valence-corrected chi connectivity index (χ2v) is 7.15. The van der Waals surface area contributed by atoms with Gasteiger partial charge in [-0.25, -0.2) is 18.6 Å². The molecule has 2 saturated heterocycles. The van der Waals surface area contributed by atoms with Gasteiger partial charge in [0.25, 0.3) is 12.0 Å². The van der Waals surface area contributed by atoms with E-state index >= 15 is 0 Å². The van der Waals surface area contributed by atoms with Gasteiger partial charge in [0.2, 0.25) is 0 Å². The van der Waals surface area contributed by atoms with Crippen molar-refractivity contribution < 1.29 is 18.3 Å². The van der Waals surface area contributed by atoms with Crippen LogP contribution in [0.25, 0.3) is 10.9 Å². The first-order valence-corrected chi connectivity index (χ1v) is 9.67. The Morgan fingerprint density at radius 1 is 1.07 bits per heavy atom. The van der Waals surface area contributed by atoms with Gasteiger partial charge in [-0.15, -0.1) is 0 Å². The molecule has 0 bridgehead atoms. The molecule has 156 valence electrons. The zero-order valence-corrected chi connectivity index (χ0v) is 16.0. The van der Waals surface area contributed by atoms with Gasteiger partial charge in [-0.05, 0) is 18.2 Å². The van der Waals surface area contributed by atoms with Crippen LogP contribution in [0.4, 0.5) is 19.3 Å². The summed E-state index contributed by atoms with van der Waals surface area (Å²) in [6.45, 7) is 4.30. The van der Waals surface area contributed by atoms with E-state index in [4.69, 9.17) is 4.74 Å². The van der Waals surface area contributed by atoms with Crippen molar-refractivity contribution in [1.82, 2.24) is 19.4 Å². The molecule has 2 amide bonds. The number of carbonyl (C=O) groups excluding carboxylic acids is 1. The van der Waals surface area contributed by atoms with Crippen LogP contribution in [0.15, 0.2) is 29.3 Å². The maximum Gasteiger partial charge on any atom is 0.320 e. The van der Waals surface area contributed by atoms with Crippen LogP contribution in [0.2, 0.25) is 0 Å². The summed E-state index contributed by atoms with van der Waals surface area (Å²) in [5, 5.41) is 0.318. The van der Waals surface area contributed by atoms with Crippen LogP contribution < -0.4 is 10.5 Å². The molecule has 0 spiro atoms. The number of benzene rings is 1. The van der Waals surface area contributed by atoms with Crippen molar-refractivity contribution in [2.24, 2.45) is 0 Å². The van der Waals surface area contributed by atoms with E-state index in [1.165, 1.54) is 6.33 Å². The Kier molecular flexibility index (Phi) is 5.61. The summed E-state index contributed by atoms with van der Waals surface area (Å²) >= 11 is 0. The highest BCUT2D eigenvalue weighted by atomic mass is 19.3. The Morgan fingerprint density at radius 2 is 1.76 bits per heavy atom. The van der Waals surface area contributed by atoms with Crippen molar-refractivity contribution in [3.63, 3.8) is 0 Å². The van der Waals surface area contributed by atoms with Gasteiger partial charge in [0, 0.05) is 45.0 Å². The summed E-state index contributed by atoms with van der Waals surface area (Å²) in [5.41, 5.74) is 0.905. The van der Waals surface area contributed by atoms with Gasteiger partial charge in [-0.2, -0.15) is 0 Å². The first-order chi connectivity index (χ1) is 14.0. The number of ether oxygens (including phenoxy) is 1. The zero-order chi connectivity index (χ0) is 20.4. The third kappa shape index (κ3) is 4.16. The molecule has 0 aliphatic carbocycles. The summed E-state index contributed by atoms with van der Waals surface area (Å²) in [5.74, 6) is 0. The van der Waals surface area contributed by atoms with E-state index < -0.39 is 18.5 Å². The maximum absolute atomic E-state index is 12.6. The van der Waals surface area contributed by atoms with Gasteiger partial charge in [0.1, 0.15) is 0 Å². The molecule has 2 aliphatic rings. The smallest absolute Gasteiger partial charge is 0.320 e. The van der Waals surface area contributed by atoms with Crippen LogP contribution in [-0.4, -0.2) is 84.3 Å². The van der Waals surface area contributed by atoms with Gasteiger partial charge < -0.3 is 19.4 Å². The van der Waals surface area contributed by atoms with Crippen LogP contribution in [-0.2, 0) is 11.3 Å². The molecule has 10 heteroatoms. The number of aromatic nitrogens is 2. The van der Waals surface area contributed by atoms with E-state index in [1.807, 2.05) is 9.80 Å². The van der Waals surface area contributed by atoms with Crippen molar-refractivity contribution in [3.8, 4) is 0 Å². The average molecular weight is 407 g/mol.